The Morgan fingerprint density at radius 2 is 1.92 bits per heavy atom. The van der Waals surface area contributed by atoms with Crippen molar-refractivity contribution in [2.75, 3.05) is 0 Å². The van der Waals surface area contributed by atoms with Crippen LogP contribution in [0.2, 0.25) is 5.02 Å². The topological polar surface area (TPSA) is 73.6 Å². The SMILES string of the molecule is Oc1[nH]c2ccc(Cl)cc2c1N=Nc1nc(-c2ccccc2)cs1. The lowest BCUT2D eigenvalue weighted by Crippen LogP contribution is -1.74. The van der Waals surface area contributed by atoms with Crippen molar-refractivity contribution in [1.82, 2.24) is 9.97 Å². The number of hydrogen-bond acceptors (Lipinski definition) is 5. The molecule has 118 valence electrons. The largest absolute Gasteiger partial charge is 0.493 e. The van der Waals surface area contributed by atoms with Gasteiger partial charge in [-0.15, -0.1) is 21.6 Å². The van der Waals surface area contributed by atoms with Crippen LogP contribution < -0.4 is 0 Å². The molecule has 0 spiro atoms. The van der Waals surface area contributed by atoms with Crippen molar-refractivity contribution in [2.24, 2.45) is 10.2 Å². The Morgan fingerprint density at radius 3 is 2.75 bits per heavy atom. The molecule has 4 aromatic rings. The predicted molar refractivity (Wildman–Crippen MR) is 96.7 cm³/mol. The fourth-order valence-electron chi connectivity index (χ4n) is 2.38. The molecule has 0 aliphatic heterocycles. The number of azo groups is 1. The average Bonchev–Trinajstić information content (AvgIpc) is 3.18. The van der Waals surface area contributed by atoms with Gasteiger partial charge in [0.2, 0.25) is 11.0 Å². The van der Waals surface area contributed by atoms with E-state index in [1.165, 1.54) is 11.3 Å². The van der Waals surface area contributed by atoms with E-state index < -0.39 is 0 Å². The van der Waals surface area contributed by atoms with Crippen LogP contribution in [0, 0.1) is 0 Å². The van der Waals surface area contributed by atoms with E-state index in [0.717, 1.165) is 16.8 Å². The van der Waals surface area contributed by atoms with Crippen LogP contribution in [-0.2, 0) is 0 Å². The molecular weight excluding hydrogens is 344 g/mol. The molecule has 7 heteroatoms. The van der Waals surface area contributed by atoms with Crippen molar-refractivity contribution in [2.45, 2.75) is 0 Å². The van der Waals surface area contributed by atoms with Crippen molar-refractivity contribution < 1.29 is 5.11 Å². The Kier molecular flexibility index (Phi) is 3.76. The lowest BCUT2D eigenvalue weighted by atomic mass is 10.2. The zero-order chi connectivity index (χ0) is 16.5. The number of thiazole rings is 1. The van der Waals surface area contributed by atoms with Crippen molar-refractivity contribution in [3.05, 3.63) is 58.9 Å². The molecule has 24 heavy (non-hydrogen) atoms. The van der Waals surface area contributed by atoms with E-state index in [1.807, 2.05) is 35.7 Å². The first kappa shape index (κ1) is 14.9. The summed E-state index contributed by atoms with van der Waals surface area (Å²) in [5, 5.41) is 22.0. The Bertz CT molecular complexity index is 1040. The van der Waals surface area contributed by atoms with Gasteiger partial charge in [0.15, 0.2) is 5.69 Å². The highest BCUT2D eigenvalue weighted by atomic mass is 35.5. The number of aromatic amines is 1. The molecule has 5 nitrogen and oxygen atoms in total. The number of nitrogens with zero attached hydrogens (tertiary/aromatic N) is 3. The number of H-pyrrole nitrogens is 1. The first-order valence-corrected chi connectivity index (χ1v) is 8.39. The predicted octanol–water partition coefficient (Wildman–Crippen LogP) is 6.07. The fraction of sp³-hybridized carbons (Fsp3) is 0. The molecule has 0 aliphatic rings. The van der Waals surface area contributed by atoms with Gasteiger partial charge in [-0.3, -0.25) is 0 Å². The van der Waals surface area contributed by atoms with E-state index in [9.17, 15) is 5.11 Å². The number of benzene rings is 2. The molecular formula is C17H11ClN4OS. The van der Waals surface area contributed by atoms with Gasteiger partial charge in [0, 0.05) is 21.4 Å². The molecule has 0 aliphatic carbocycles. The number of aromatic hydroxyl groups is 1. The van der Waals surface area contributed by atoms with E-state index in [4.69, 9.17) is 11.6 Å². The minimum atomic E-state index is -0.0455. The van der Waals surface area contributed by atoms with Gasteiger partial charge in [-0.1, -0.05) is 41.9 Å². The Morgan fingerprint density at radius 1 is 1.08 bits per heavy atom. The number of nitrogens with one attached hydrogen (secondary N) is 1. The number of hydrogen-bond donors (Lipinski definition) is 2. The molecule has 4 rings (SSSR count). The molecule has 0 amide bonds. The lowest BCUT2D eigenvalue weighted by molar-refractivity contribution is 0.459. The van der Waals surface area contributed by atoms with Crippen LogP contribution >= 0.6 is 22.9 Å². The second kappa shape index (κ2) is 6.07. The van der Waals surface area contributed by atoms with Gasteiger partial charge in [-0.25, -0.2) is 4.98 Å². The first-order valence-electron chi connectivity index (χ1n) is 7.13. The molecule has 0 saturated heterocycles. The van der Waals surface area contributed by atoms with Crippen LogP contribution in [0.25, 0.3) is 22.2 Å². The van der Waals surface area contributed by atoms with Crippen LogP contribution in [-0.4, -0.2) is 15.1 Å². The molecule has 2 heterocycles. The second-order valence-corrected chi connectivity index (χ2v) is 6.37. The maximum Gasteiger partial charge on any atom is 0.230 e. The van der Waals surface area contributed by atoms with Gasteiger partial charge >= 0.3 is 0 Å². The molecule has 0 bridgehead atoms. The first-order chi connectivity index (χ1) is 11.7. The number of fused-ring (bicyclic) bond motifs is 1. The Hall–Kier alpha value is -2.70. The molecule has 0 fully saturated rings. The maximum absolute atomic E-state index is 10.0. The number of aromatic nitrogens is 2. The summed E-state index contributed by atoms with van der Waals surface area (Å²) in [5.41, 5.74) is 2.97. The molecule has 2 N–H and O–H groups in total. The summed E-state index contributed by atoms with van der Waals surface area (Å²) in [4.78, 5) is 7.30. The third-order valence-electron chi connectivity index (χ3n) is 3.51. The summed E-state index contributed by atoms with van der Waals surface area (Å²) >= 11 is 7.40. The van der Waals surface area contributed by atoms with E-state index in [-0.39, 0.29) is 5.88 Å². The van der Waals surface area contributed by atoms with Crippen LogP contribution in [0.15, 0.2) is 64.1 Å². The monoisotopic (exact) mass is 354 g/mol. The van der Waals surface area contributed by atoms with Gasteiger partial charge in [-0.05, 0) is 18.2 Å². The molecule has 0 atom stereocenters. The maximum atomic E-state index is 10.0. The van der Waals surface area contributed by atoms with E-state index in [1.54, 1.807) is 18.2 Å². The summed E-state index contributed by atoms with van der Waals surface area (Å²) in [6, 6.07) is 15.1. The van der Waals surface area contributed by atoms with Gasteiger partial charge in [-0.2, -0.15) is 0 Å². The van der Waals surface area contributed by atoms with Gasteiger partial charge in [0.1, 0.15) is 0 Å². The molecule has 2 aromatic heterocycles. The van der Waals surface area contributed by atoms with Crippen molar-refractivity contribution in [1.29, 1.82) is 0 Å². The van der Waals surface area contributed by atoms with Crippen LogP contribution in [0.5, 0.6) is 5.88 Å². The summed E-state index contributed by atoms with van der Waals surface area (Å²) in [5.74, 6) is -0.0455. The average molecular weight is 355 g/mol. The molecule has 2 aromatic carbocycles. The summed E-state index contributed by atoms with van der Waals surface area (Å²) < 4.78 is 0. The summed E-state index contributed by atoms with van der Waals surface area (Å²) in [7, 11) is 0. The lowest BCUT2D eigenvalue weighted by Gasteiger charge is -1.93. The zero-order valence-corrected chi connectivity index (χ0v) is 13.8. The van der Waals surface area contributed by atoms with E-state index in [0.29, 0.717) is 21.2 Å². The van der Waals surface area contributed by atoms with Gasteiger partial charge in [0.05, 0.1) is 11.2 Å². The second-order valence-electron chi connectivity index (χ2n) is 5.09. The van der Waals surface area contributed by atoms with Crippen LogP contribution in [0.1, 0.15) is 0 Å². The third kappa shape index (κ3) is 2.77. The highest BCUT2D eigenvalue weighted by Crippen LogP contribution is 2.38. The smallest absolute Gasteiger partial charge is 0.230 e. The highest BCUT2D eigenvalue weighted by Gasteiger charge is 2.11. The normalized spacial score (nSPS) is 11.5. The standard InChI is InChI=1S/C17H11ClN4OS/c18-11-6-7-13-12(8-11)15(16(23)19-13)21-22-17-20-14(9-24-17)10-4-2-1-3-5-10/h1-9,19,23H. The number of rotatable bonds is 3. The van der Waals surface area contributed by atoms with E-state index >= 15 is 0 Å². The van der Waals surface area contributed by atoms with Crippen molar-refractivity contribution >= 4 is 44.7 Å². The van der Waals surface area contributed by atoms with Crippen LogP contribution in [0.3, 0.4) is 0 Å². The third-order valence-corrected chi connectivity index (χ3v) is 4.47. The minimum absolute atomic E-state index is 0.0455. The van der Waals surface area contributed by atoms with Crippen molar-refractivity contribution in [3.63, 3.8) is 0 Å². The quantitative estimate of drug-likeness (QED) is 0.438. The summed E-state index contributed by atoms with van der Waals surface area (Å²) in [6.45, 7) is 0. The summed E-state index contributed by atoms with van der Waals surface area (Å²) in [6.07, 6.45) is 0. The van der Waals surface area contributed by atoms with Crippen molar-refractivity contribution in [3.8, 4) is 17.1 Å². The zero-order valence-electron chi connectivity index (χ0n) is 12.3. The molecule has 0 saturated carbocycles. The highest BCUT2D eigenvalue weighted by molar-refractivity contribution is 7.13. The molecule has 0 unspecified atom stereocenters. The van der Waals surface area contributed by atoms with Gasteiger partial charge in [0.25, 0.3) is 0 Å². The number of halogens is 1. The van der Waals surface area contributed by atoms with E-state index in [2.05, 4.69) is 20.2 Å². The Balaban J connectivity index is 1.68. The van der Waals surface area contributed by atoms with Gasteiger partial charge < -0.3 is 10.1 Å². The fourth-order valence-corrected chi connectivity index (χ4v) is 3.20. The minimum Gasteiger partial charge on any atom is -0.493 e. The molecule has 0 radical (unpaired) electrons. The Labute approximate surface area is 146 Å². The van der Waals surface area contributed by atoms with Crippen LogP contribution in [0.4, 0.5) is 10.8 Å².